The van der Waals surface area contributed by atoms with Crippen molar-refractivity contribution in [1.29, 1.82) is 0 Å². The van der Waals surface area contributed by atoms with Crippen LogP contribution in [0.5, 0.6) is 0 Å². The molecule has 0 bridgehead atoms. The molecular weight excluding hydrogens is 568 g/mol. The maximum atomic E-state index is 6.73. The summed E-state index contributed by atoms with van der Waals surface area (Å²) in [5.41, 5.74) is 8.63. The van der Waals surface area contributed by atoms with Crippen molar-refractivity contribution in [2.24, 2.45) is 0 Å². The van der Waals surface area contributed by atoms with E-state index in [2.05, 4.69) is 89.8 Å². The van der Waals surface area contributed by atoms with Crippen molar-refractivity contribution in [3.8, 4) is 11.5 Å². The first kappa shape index (κ1) is 25.0. The van der Waals surface area contributed by atoms with E-state index in [0.29, 0.717) is 5.89 Å². The van der Waals surface area contributed by atoms with Crippen LogP contribution in [-0.2, 0) is 0 Å². The number of furan rings is 2. The number of hydrogen-bond donors (Lipinski definition) is 0. The number of aromatic nitrogens is 1. The van der Waals surface area contributed by atoms with Gasteiger partial charge in [-0.25, -0.2) is 4.98 Å². The second kappa shape index (κ2) is 9.58. The van der Waals surface area contributed by atoms with E-state index in [9.17, 15) is 0 Å². The number of anilines is 3. The molecular formula is C41H24N2O3. The Bertz CT molecular complexity index is 2750. The van der Waals surface area contributed by atoms with Gasteiger partial charge in [-0.15, -0.1) is 0 Å². The summed E-state index contributed by atoms with van der Waals surface area (Å²) in [6, 6.07) is 49.8. The second-order valence-corrected chi connectivity index (χ2v) is 11.6. The molecule has 5 nitrogen and oxygen atoms in total. The summed E-state index contributed by atoms with van der Waals surface area (Å²) in [4.78, 5) is 7.07. The monoisotopic (exact) mass is 592 g/mol. The van der Waals surface area contributed by atoms with Crippen LogP contribution in [0.4, 0.5) is 17.1 Å². The molecule has 0 aliphatic rings. The molecule has 0 saturated carbocycles. The average Bonchev–Trinajstić information content (AvgIpc) is 3.82. The fourth-order valence-electron chi connectivity index (χ4n) is 6.77. The molecule has 0 atom stereocenters. The number of benzene rings is 7. The van der Waals surface area contributed by atoms with Crippen molar-refractivity contribution in [3.63, 3.8) is 0 Å². The summed E-state index contributed by atoms with van der Waals surface area (Å²) in [6.45, 7) is 0. The lowest BCUT2D eigenvalue weighted by Crippen LogP contribution is -2.10. The van der Waals surface area contributed by atoms with Gasteiger partial charge in [0.2, 0.25) is 5.89 Å². The normalized spacial score (nSPS) is 11.9. The van der Waals surface area contributed by atoms with Crippen molar-refractivity contribution in [2.45, 2.75) is 0 Å². The van der Waals surface area contributed by atoms with Crippen LogP contribution in [0, 0.1) is 0 Å². The van der Waals surface area contributed by atoms with Crippen LogP contribution in [-0.4, -0.2) is 4.98 Å². The zero-order chi connectivity index (χ0) is 30.2. The predicted octanol–water partition coefficient (Wildman–Crippen LogP) is 11.9. The summed E-state index contributed by atoms with van der Waals surface area (Å²) >= 11 is 0. The highest BCUT2D eigenvalue weighted by molar-refractivity contribution is 6.16. The molecule has 0 amide bonds. The van der Waals surface area contributed by atoms with Gasteiger partial charge in [-0.1, -0.05) is 78.9 Å². The Morgan fingerprint density at radius 1 is 0.457 bits per heavy atom. The molecule has 10 aromatic rings. The van der Waals surface area contributed by atoms with Gasteiger partial charge in [-0.2, -0.15) is 0 Å². The molecule has 5 heteroatoms. The lowest BCUT2D eigenvalue weighted by Gasteiger charge is -2.26. The summed E-state index contributed by atoms with van der Waals surface area (Å²) in [5, 5.41) is 6.49. The number of oxazole rings is 1. The molecule has 3 heterocycles. The first-order valence-electron chi connectivity index (χ1n) is 15.3. The largest absolute Gasteiger partial charge is 0.456 e. The van der Waals surface area contributed by atoms with Gasteiger partial charge >= 0.3 is 0 Å². The third-order valence-corrected chi connectivity index (χ3v) is 8.88. The quantitative estimate of drug-likeness (QED) is 0.203. The van der Waals surface area contributed by atoms with E-state index < -0.39 is 0 Å². The van der Waals surface area contributed by atoms with Gasteiger partial charge in [-0.3, -0.25) is 0 Å². The average molecular weight is 593 g/mol. The zero-order valence-electron chi connectivity index (χ0n) is 24.5. The number of para-hydroxylation sites is 4. The molecule has 216 valence electrons. The van der Waals surface area contributed by atoms with Crippen molar-refractivity contribution in [1.82, 2.24) is 4.98 Å². The molecule has 3 aromatic heterocycles. The SMILES string of the molecule is c1ccc2cc(N(c3ccc4c(c3)oc3ccccc34)c3cccc4c3oc3cccc(-c5nc6ccccc6o5)c34)ccc2c1. The first-order valence-corrected chi connectivity index (χ1v) is 15.3. The van der Waals surface area contributed by atoms with Gasteiger partial charge in [0.25, 0.3) is 0 Å². The fraction of sp³-hybridized carbons (Fsp3) is 0. The molecule has 0 saturated heterocycles. The van der Waals surface area contributed by atoms with Crippen LogP contribution >= 0.6 is 0 Å². The molecule has 0 unspecified atom stereocenters. The summed E-state index contributed by atoms with van der Waals surface area (Å²) in [5.74, 6) is 0.571. The van der Waals surface area contributed by atoms with Gasteiger partial charge in [0.05, 0.1) is 11.4 Å². The van der Waals surface area contributed by atoms with E-state index >= 15 is 0 Å². The van der Waals surface area contributed by atoms with Crippen LogP contribution < -0.4 is 4.90 Å². The maximum absolute atomic E-state index is 6.73. The highest BCUT2D eigenvalue weighted by Crippen LogP contribution is 2.45. The minimum Gasteiger partial charge on any atom is -0.456 e. The standard InChI is InChI=1S/C41H24N2O3/c1-2-10-26-23-27(20-19-25(26)9-1)43(28-21-22-30-29-11-3-5-16-35(29)44-38(30)24-28)34-15-7-12-31-39-32(13-8-18-37(39)45-40(31)34)41-42-33-14-4-6-17-36(33)46-41/h1-24H. The Morgan fingerprint density at radius 3 is 2.11 bits per heavy atom. The van der Waals surface area contributed by atoms with E-state index in [1.165, 1.54) is 5.39 Å². The Kier molecular flexibility index (Phi) is 5.22. The molecule has 0 aliphatic heterocycles. The van der Waals surface area contributed by atoms with Crippen LogP contribution in [0.15, 0.2) is 159 Å². The Labute approximate surface area is 262 Å². The summed E-state index contributed by atoms with van der Waals surface area (Å²) in [7, 11) is 0. The molecule has 0 spiro atoms. The molecule has 7 aromatic carbocycles. The highest BCUT2D eigenvalue weighted by Gasteiger charge is 2.23. The first-order chi connectivity index (χ1) is 22.8. The van der Waals surface area contributed by atoms with E-state index in [0.717, 1.165) is 83.0 Å². The Hall–Kier alpha value is -6.33. The van der Waals surface area contributed by atoms with Gasteiger partial charge < -0.3 is 18.2 Å². The van der Waals surface area contributed by atoms with E-state index in [-0.39, 0.29) is 0 Å². The lowest BCUT2D eigenvalue weighted by atomic mass is 10.0. The Balaban J connectivity index is 1.23. The summed E-state index contributed by atoms with van der Waals surface area (Å²) in [6.07, 6.45) is 0. The molecule has 0 radical (unpaired) electrons. The van der Waals surface area contributed by atoms with Crippen LogP contribution in [0.2, 0.25) is 0 Å². The topological polar surface area (TPSA) is 55.6 Å². The van der Waals surface area contributed by atoms with E-state index in [1.54, 1.807) is 0 Å². The third kappa shape index (κ3) is 3.72. The molecule has 0 aliphatic carbocycles. The number of nitrogens with zero attached hydrogens (tertiary/aromatic N) is 2. The number of rotatable bonds is 4. The highest BCUT2D eigenvalue weighted by atomic mass is 16.4. The van der Waals surface area contributed by atoms with Crippen molar-refractivity contribution < 1.29 is 13.3 Å². The van der Waals surface area contributed by atoms with Gasteiger partial charge in [0.1, 0.15) is 22.3 Å². The van der Waals surface area contributed by atoms with E-state index in [1.807, 2.05) is 60.7 Å². The van der Waals surface area contributed by atoms with Gasteiger partial charge in [0.15, 0.2) is 11.2 Å². The molecule has 46 heavy (non-hydrogen) atoms. The van der Waals surface area contributed by atoms with Crippen LogP contribution in [0.3, 0.4) is 0 Å². The smallest absolute Gasteiger partial charge is 0.228 e. The minimum absolute atomic E-state index is 0.571. The minimum atomic E-state index is 0.571. The lowest BCUT2D eigenvalue weighted by molar-refractivity contribution is 0.620. The van der Waals surface area contributed by atoms with E-state index in [4.69, 9.17) is 18.2 Å². The fourth-order valence-corrected chi connectivity index (χ4v) is 6.77. The molecule has 0 N–H and O–H groups in total. The van der Waals surface area contributed by atoms with Crippen molar-refractivity contribution >= 4 is 82.8 Å². The second-order valence-electron chi connectivity index (χ2n) is 11.6. The third-order valence-electron chi connectivity index (χ3n) is 8.88. The van der Waals surface area contributed by atoms with Crippen molar-refractivity contribution in [2.75, 3.05) is 4.90 Å². The van der Waals surface area contributed by atoms with Crippen molar-refractivity contribution in [3.05, 3.63) is 146 Å². The maximum Gasteiger partial charge on any atom is 0.228 e. The molecule has 10 rings (SSSR count). The van der Waals surface area contributed by atoms with Gasteiger partial charge in [-0.05, 0) is 71.4 Å². The summed E-state index contributed by atoms with van der Waals surface area (Å²) < 4.78 is 19.3. The van der Waals surface area contributed by atoms with Crippen LogP contribution in [0.25, 0.3) is 77.2 Å². The Morgan fingerprint density at radius 2 is 1.17 bits per heavy atom. The number of fused-ring (bicyclic) bond motifs is 8. The zero-order valence-corrected chi connectivity index (χ0v) is 24.5. The predicted molar refractivity (Wildman–Crippen MR) is 186 cm³/mol. The van der Waals surface area contributed by atoms with Crippen LogP contribution in [0.1, 0.15) is 0 Å². The molecule has 0 fully saturated rings. The number of hydrogen-bond acceptors (Lipinski definition) is 5. The van der Waals surface area contributed by atoms with Gasteiger partial charge in [0, 0.05) is 38.9 Å².